The Labute approximate surface area is 114 Å². The van der Waals surface area contributed by atoms with Gasteiger partial charge < -0.3 is 0 Å². The number of rotatable bonds is 2. The molecule has 0 bridgehead atoms. The van der Waals surface area contributed by atoms with E-state index in [0.717, 1.165) is 8.95 Å². The molecule has 1 nitrogen and oxygen atoms in total. The zero-order valence-corrected chi connectivity index (χ0v) is 11.6. The van der Waals surface area contributed by atoms with E-state index in [-0.39, 0.29) is 16.4 Å². The van der Waals surface area contributed by atoms with Crippen LogP contribution in [0.4, 0.5) is 4.39 Å². The summed E-state index contributed by atoms with van der Waals surface area (Å²) < 4.78 is 14.5. The number of carbonyl (C=O) groups is 1. The molecule has 0 spiro atoms. The third-order valence-electron chi connectivity index (χ3n) is 2.01. The lowest BCUT2D eigenvalue weighted by atomic mass is 10.1. The van der Waals surface area contributed by atoms with Crippen LogP contribution in [0.3, 0.4) is 0 Å². The van der Waals surface area contributed by atoms with Gasteiger partial charge in [-0.2, -0.15) is 0 Å². The SMILES string of the molecule is O=C(c1csc(I)c1)c1ccc(Cl)cc1F. The summed E-state index contributed by atoms with van der Waals surface area (Å²) in [6.07, 6.45) is 0. The summed E-state index contributed by atoms with van der Waals surface area (Å²) in [5, 5.41) is 2.01. The fraction of sp³-hybridized carbons (Fsp3) is 0. The van der Waals surface area contributed by atoms with Crippen molar-refractivity contribution >= 4 is 51.3 Å². The van der Waals surface area contributed by atoms with E-state index in [9.17, 15) is 9.18 Å². The van der Waals surface area contributed by atoms with Gasteiger partial charge in [-0.05, 0) is 46.9 Å². The molecule has 0 fully saturated rings. The number of carbonyl (C=O) groups excluding carboxylic acids is 1. The van der Waals surface area contributed by atoms with E-state index >= 15 is 0 Å². The van der Waals surface area contributed by atoms with Gasteiger partial charge in [-0.15, -0.1) is 11.3 Å². The summed E-state index contributed by atoms with van der Waals surface area (Å²) in [6, 6.07) is 5.80. The Morgan fingerprint density at radius 3 is 2.69 bits per heavy atom. The summed E-state index contributed by atoms with van der Waals surface area (Å²) in [4.78, 5) is 11.9. The molecule has 0 saturated heterocycles. The van der Waals surface area contributed by atoms with Gasteiger partial charge in [0.2, 0.25) is 0 Å². The number of hydrogen-bond donors (Lipinski definition) is 0. The molecule has 2 aromatic rings. The van der Waals surface area contributed by atoms with Crippen molar-refractivity contribution in [3.05, 3.63) is 54.5 Å². The van der Waals surface area contributed by atoms with E-state index < -0.39 is 5.82 Å². The van der Waals surface area contributed by atoms with Crippen molar-refractivity contribution in [1.82, 2.24) is 0 Å². The van der Waals surface area contributed by atoms with Gasteiger partial charge in [-0.25, -0.2) is 4.39 Å². The van der Waals surface area contributed by atoms with Crippen LogP contribution in [-0.4, -0.2) is 5.78 Å². The van der Waals surface area contributed by atoms with Crippen molar-refractivity contribution in [1.29, 1.82) is 0 Å². The van der Waals surface area contributed by atoms with Gasteiger partial charge in [0.05, 0.1) is 8.45 Å². The van der Waals surface area contributed by atoms with E-state index in [2.05, 4.69) is 22.6 Å². The monoisotopic (exact) mass is 366 g/mol. The minimum absolute atomic E-state index is 0.0543. The fourth-order valence-corrected chi connectivity index (χ4v) is 2.74. The van der Waals surface area contributed by atoms with Gasteiger partial charge in [0.25, 0.3) is 0 Å². The van der Waals surface area contributed by atoms with Gasteiger partial charge in [0.15, 0.2) is 5.78 Å². The molecule has 82 valence electrons. The third kappa shape index (κ3) is 2.44. The van der Waals surface area contributed by atoms with Crippen LogP contribution in [0.15, 0.2) is 29.6 Å². The molecule has 0 amide bonds. The Kier molecular flexibility index (Phi) is 3.61. The first-order valence-electron chi connectivity index (χ1n) is 4.31. The normalized spacial score (nSPS) is 10.4. The van der Waals surface area contributed by atoms with Crippen LogP contribution in [0, 0.1) is 8.70 Å². The maximum Gasteiger partial charge on any atom is 0.196 e. The lowest BCUT2D eigenvalue weighted by Crippen LogP contribution is -2.02. The molecular formula is C11H5ClFIOS. The van der Waals surface area contributed by atoms with Crippen LogP contribution in [-0.2, 0) is 0 Å². The highest BCUT2D eigenvalue weighted by atomic mass is 127. The topological polar surface area (TPSA) is 17.1 Å². The first-order chi connectivity index (χ1) is 7.58. The average molecular weight is 367 g/mol. The molecule has 0 atom stereocenters. The lowest BCUT2D eigenvalue weighted by Gasteiger charge is -2.00. The summed E-state index contributed by atoms with van der Waals surface area (Å²) >= 11 is 9.19. The molecule has 1 heterocycles. The maximum atomic E-state index is 13.5. The number of benzene rings is 1. The second-order valence-corrected chi connectivity index (χ2v) is 6.33. The molecule has 0 unspecified atom stereocenters. The minimum atomic E-state index is -0.585. The van der Waals surface area contributed by atoms with Crippen LogP contribution < -0.4 is 0 Å². The Bertz CT molecular complexity index is 553. The van der Waals surface area contributed by atoms with Gasteiger partial charge in [0, 0.05) is 16.0 Å². The van der Waals surface area contributed by atoms with Crippen molar-refractivity contribution in [2.75, 3.05) is 0 Å². The Morgan fingerprint density at radius 1 is 1.38 bits per heavy atom. The maximum absolute atomic E-state index is 13.5. The van der Waals surface area contributed by atoms with E-state index in [0.29, 0.717) is 5.56 Å². The van der Waals surface area contributed by atoms with Gasteiger partial charge >= 0.3 is 0 Å². The van der Waals surface area contributed by atoms with Gasteiger partial charge in [-0.3, -0.25) is 4.79 Å². The van der Waals surface area contributed by atoms with Crippen LogP contribution in [0.2, 0.25) is 5.02 Å². The molecule has 1 aromatic carbocycles. The molecule has 0 aliphatic carbocycles. The highest BCUT2D eigenvalue weighted by molar-refractivity contribution is 14.1. The summed E-state index contributed by atoms with van der Waals surface area (Å²) in [7, 11) is 0. The van der Waals surface area contributed by atoms with Crippen LogP contribution in [0.25, 0.3) is 0 Å². The van der Waals surface area contributed by atoms with Crippen LogP contribution in [0.5, 0.6) is 0 Å². The van der Waals surface area contributed by atoms with Crippen molar-refractivity contribution in [2.45, 2.75) is 0 Å². The Morgan fingerprint density at radius 2 is 2.12 bits per heavy atom. The molecule has 0 radical (unpaired) electrons. The molecule has 16 heavy (non-hydrogen) atoms. The zero-order chi connectivity index (χ0) is 11.7. The van der Waals surface area contributed by atoms with E-state index in [4.69, 9.17) is 11.6 Å². The molecule has 5 heteroatoms. The second-order valence-electron chi connectivity index (χ2n) is 3.09. The molecule has 0 N–H and O–H groups in total. The Hall–Kier alpha value is -0.460. The zero-order valence-electron chi connectivity index (χ0n) is 7.84. The smallest absolute Gasteiger partial charge is 0.196 e. The van der Waals surface area contributed by atoms with E-state index in [1.807, 2.05) is 0 Å². The number of halogens is 3. The summed E-state index contributed by atoms with van der Waals surface area (Å²) in [6.45, 7) is 0. The number of hydrogen-bond acceptors (Lipinski definition) is 2. The minimum Gasteiger partial charge on any atom is -0.288 e. The lowest BCUT2D eigenvalue weighted by molar-refractivity contribution is 0.103. The standard InChI is InChI=1S/C11H5ClFIOS/c12-7-1-2-8(9(13)4-7)11(15)6-3-10(14)16-5-6/h1-5H. The van der Waals surface area contributed by atoms with E-state index in [1.165, 1.54) is 23.5 Å². The van der Waals surface area contributed by atoms with Gasteiger partial charge in [0.1, 0.15) is 5.82 Å². The summed E-state index contributed by atoms with van der Waals surface area (Å²) in [5.74, 6) is -0.896. The molecule has 2 rings (SSSR count). The van der Waals surface area contributed by atoms with Gasteiger partial charge in [-0.1, -0.05) is 11.6 Å². The van der Waals surface area contributed by atoms with Crippen molar-refractivity contribution in [3.63, 3.8) is 0 Å². The highest BCUT2D eigenvalue weighted by Crippen LogP contribution is 2.22. The quantitative estimate of drug-likeness (QED) is 0.569. The number of thiophene rings is 1. The fourth-order valence-electron chi connectivity index (χ4n) is 1.26. The van der Waals surface area contributed by atoms with Crippen molar-refractivity contribution < 1.29 is 9.18 Å². The first kappa shape index (κ1) is 12.0. The van der Waals surface area contributed by atoms with Crippen LogP contribution in [0.1, 0.15) is 15.9 Å². The summed E-state index contributed by atoms with van der Waals surface area (Å²) in [5.41, 5.74) is 0.564. The third-order valence-corrected chi connectivity index (χ3v) is 4.03. The molecule has 0 aliphatic rings. The predicted octanol–water partition coefficient (Wildman–Crippen LogP) is 4.38. The van der Waals surface area contributed by atoms with E-state index in [1.54, 1.807) is 11.4 Å². The molecular weight excluding hydrogens is 362 g/mol. The average Bonchev–Trinajstić information content (AvgIpc) is 2.64. The first-order valence-corrected chi connectivity index (χ1v) is 6.65. The second kappa shape index (κ2) is 4.81. The Balaban J connectivity index is 2.41. The largest absolute Gasteiger partial charge is 0.288 e. The molecule has 1 aromatic heterocycles. The van der Waals surface area contributed by atoms with Crippen molar-refractivity contribution in [3.8, 4) is 0 Å². The molecule has 0 aliphatic heterocycles. The predicted molar refractivity (Wildman–Crippen MR) is 71.9 cm³/mol. The number of ketones is 1. The highest BCUT2D eigenvalue weighted by Gasteiger charge is 2.15. The molecule has 0 saturated carbocycles. The van der Waals surface area contributed by atoms with Crippen LogP contribution >= 0.6 is 45.5 Å². The van der Waals surface area contributed by atoms with Crippen molar-refractivity contribution in [2.24, 2.45) is 0 Å².